The Morgan fingerprint density at radius 2 is 1.56 bits per heavy atom. The number of nitrogens with one attached hydrogen (secondary N) is 1. The summed E-state index contributed by atoms with van der Waals surface area (Å²) in [6.07, 6.45) is 2.00. The normalized spacial score (nSPS) is 12.9. The maximum Gasteiger partial charge on any atom is 0.244 e. The molecule has 1 heterocycles. The Bertz CT molecular complexity index is 1420. The number of unbranched alkanes of at least 4 members (excludes halogenated alkanes) is 1. The standard InChI is InChI=1S/C31H37N3O6S/c1-3-5-18-32-31(36)27(19-24-12-8-6-9-13-24)33(21-25-14-10-7-11-15-25)30(35)22-34(41(37,38)4-2)26-16-17-28-29(20-26)40-23-39-28/h6-17,20,27H,3-5,18-19,21-23H2,1-2H3,(H,32,36)/t27-/m1/s1. The predicted molar refractivity (Wildman–Crippen MR) is 158 cm³/mol. The average molecular weight is 580 g/mol. The zero-order valence-electron chi connectivity index (χ0n) is 23.5. The lowest BCUT2D eigenvalue weighted by molar-refractivity contribution is -0.140. The Morgan fingerprint density at radius 1 is 0.902 bits per heavy atom. The number of amides is 2. The molecule has 0 spiro atoms. The Morgan fingerprint density at radius 3 is 2.22 bits per heavy atom. The van der Waals surface area contributed by atoms with Crippen LogP contribution in [0.4, 0.5) is 5.69 Å². The number of carbonyl (C=O) groups is 2. The first-order chi connectivity index (χ1) is 19.8. The molecule has 9 nitrogen and oxygen atoms in total. The van der Waals surface area contributed by atoms with Crippen molar-refractivity contribution in [3.63, 3.8) is 0 Å². The fourth-order valence-corrected chi connectivity index (χ4v) is 5.65. The summed E-state index contributed by atoms with van der Waals surface area (Å²) < 4.78 is 38.5. The lowest BCUT2D eigenvalue weighted by atomic mass is 10.0. The number of anilines is 1. The van der Waals surface area contributed by atoms with Crippen molar-refractivity contribution in [3.8, 4) is 11.5 Å². The monoisotopic (exact) mass is 579 g/mol. The first-order valence-electron chi connectivity index (χ1n) is 13.9. The van der Waals surface area contributed by atoms with Gasteiger partial charge in [-0.05, 0) is 36.6 Å². The largest absolute Gasteiger partial charge is 0.454 e. The van der Waals surface area contributed by atoms with Gasteiger partial charge in [0.25, 0.3) is 0 Å². The highest BCUT2D eigenvalue weighted by atomic mass is 32.2. The van der Waals surface area contributed by atoms with Gasteiger partial charge < -0.3 is 19.7 Å². The molecule has 1 atom stereocenters. The molecule has 1 aliphatic rings. The van der Waals surface area contributed by atoms with Crippen molar-refractivity contribution < 1.29 is 27.5 Å². The first kappa shape index (κ1) is 29.9. The highest BCUT2D eigenvalue weighted by Crippen LogP contribution is 2.36. The third kappa shape index (κ3) is 7.79. The molecule has 3 aromatic rings. The topological polar surface area (TPSA) is 105 Å². The quantitative estimate of drug-likeness (QED) is 0.288. The Kier molecular flexibility index (Phi) is 10.2. The number of nitrogens with zero attached hydrogens (tertiary/aromatic N) is 2. The summed E-state index contributed by atoms with van der Waals surface area (Å²) in [4.78, 5) is 29.3. The van der Waals surface area contributed by atoms with E-state index in [1.54, 1.807) is 18.2 Å². The molecule has 1 N–H and O–H groups in total. The average Bonchev–Trinajstić information content (AvgIpc) is 3.46. The number of benzene rings is 3. The minimum atomic E-state index is -3.87. The summed E-state index contributed by atoms with van der Waals surface area (Å²) in [5, 5.41) is 2.98. The fraction of sp³-hybridized carbons (Fsp3) is 0.355. The van der Waals surface area contributed by atoms with E-state index in [0.29, 0.717) is 18.0 Å². The van der Waals surface area contributed by atoms with E-state index < -0.39 is 28.5 Å². The van der Waals surface area contributed by atoms with Gasteiger partial charge in [0.2, 0.25) is 28.6 Å². The van der Waals surface area contributed by atoms with E-state index in [1.165, 1.54) is 11.8 Å². The lowest BCUT2D eigenvalue weighted by Crippen LogP contribution is -2.53. The number of carbonyl (C=O) groups excluding carboxylic acids is 2. The molecule has 41 heavy (non-hydrogen) atoms. The van der Waals surface area contributed by atoms with Crippen LogP contribution in [0.2, 0.25) is 0 Å². The second-order valence-corrected chi connectivity index (χ2v) is 12.0. The van der Waals surface area contributed by atoms with Crippen molar-refractivity contribution >= 4 is 27.5 Å². The summed E-state index contributed by atoms with van der Waals surface area (Å²) >= 11 is 0. The van der Waals surface area contributed by atoms with Crippen molar-refractivity contribution in [2.75, 3.05) is 29.9 Å². The van der Waals surface area contributed by atoms with Gasteiger partial charge in [0.05, 0.1) is 11.4 Å². The highest BCUT2D eigenvalue weighted by molar-refractivity contribution is 7.92. The third-order valence-electron chi connectivity index (χ3n) is 6.92. The number of fused-ring (bicyclic) bond motifs is 1. The molecule has 0 saturated heterocycles. The molecule has 218 valence electrons. The maximum absolute atomic E-state index is 14.2. The van der Waals surface area contributed by atoms with Crippen LogP contribution in [-0.4, -0.2) is 56.8 Å². The van der Waals surface area contributed by atoms with Crippen LogP contribution in [0.5, 0.6) is 11.5 Å². The predicted octanol–water partition coefficient (Wildman–Crippen LogP) is 4.13. The van der Waals surface area contributed by atoms with Crippen LogP contribution in [0.25, 0.3) is 0 Å². The van der Waals surface area contributed by atoms with Gasteiger partial charge in [0, 0.05) is 25.6 Å². The van der Waals surface area contributed by atoms with Crippen LogP contribution in [0, 0.1) is 0 Å². The molecule has 1 aliphatic heterocycles. The SMILES string of the molecule is CCCCNC(=O)[C@@H](Cc1ccccc1)N(Cc1ccccc1)C(=O)CN(c1ccc2c(c1)OCO2)S(=O)(=O)CC. The van der Waals surface area contributed by atoms with E-state index in [0.717, 1.165) is 28.3 Å². The summed E-state index contributed by atoms with van der Waals surface area (Å²) in [6, 6.07) is 22.8. The van der Waals surface area contributed by atoms with E-state index in [9.17, 15) is 18.0 Å². The van der Waals surface area contributed by atoms with E-state index in [1.807, 2.05) is 67.6 Å². The third-order valence-corrected chi connectivity index (χ3v) is 8.66. The molecule has 0 aliphatic carbocycles. The zero-order chi connectivity index (χ0) is 29.2. The Labute approximate surface area is 242 Å². The smallest absolute Gasteiger partial charge is 0.244 e. The summed E-state index contributed by atoms with van der Waals surface area (Å²) in [5.41, 5.74) is 2.01. The zero-order valence-corrected chi connectivity index (χ0v) is 24.3. The molecule has 4 rings (SSSR count). The van der Waals surface area contributed by atoms with Gasteiger partial charge in [-0.3, -0.25) is 13.9 Å². The minimum absolute atomic E-state index is 0.0391. The van der Waals surface area contributed by atoms with E-state index >= 15 is 0 Å². The van der Waals surface area contributed by atoms with Gasteiger partial charge in [0.15, 0.2) is 11.5 Å². The van der Waals surface area contributed by atoms with Crippen molar-refractivity contribution in [2.24, 2.45) is 0 Å². The van der Waals surface area contributed by atoms with Crippen LogP contribution in [0.15, 0.2) is 78.9 Å². The van der Waals surface area contributed by atoms with Crippen molar-refractivity contribution in [3.05, 3.63) is 90.0 Å². The molecule has 0 radical (unpaired) electrons. The van der Waals surface area contributed by atoms with Gasteiger partial charge in [-0.1, -0.05) is 74.0 Å². The Hall–Kier alpha value is -4.05. The summed E-state index contributed by atoms with van der Waals surface area (Å²) in [5.74, 6) is -0.0659. The van der Waals surface area contributed by atoms with Crippen LogP contribution in [-0.2, 0) is 32.6 Å². The number of rotatable bonds is 14. The van der Waals surface area contributed by atoms with Gasteiger partial charge in [0.1, 0.15) is 12.6 Å². The number of hydrogen-bond acceptors (Lipinski definition) is 6. The van der Waals surface area contributed by atoms with Crippen LogP contribution >= 0.6 is 0 Å². The molecule has 0 bridgehead atoms. The van der Waals surface area contributed by atoms with Gasteiger partial charge in [-0.15, -0.1) is 0 Å². The van der Waals surface area contributed by atoms with Crippen LogP contribution in [0.3, 0.4) is 0 Å². The molecule has 10 heteroatoms. The number of hydrogen-bond donors (Lipinski definition) is 1. The molecule has 0 aromatic heterocycles. The molecular formula is C31H37N3O6S. The number of ether oxygens (including phenoxy) is 2. The van der Waals surface area contributed by atoms with Gasteiger partial charge in [-0.2, -0.15) is 0 Å². The van der Waals surface area contributed by atoms with Crippen LogP contribution < -0.4 is 19.1 Å². The lowest BCUT2D eigenvalue weighted by Gasteiger charge is -2.33. The first-order valence-corrected chi connectivity index (χ1v) is 15.5. The molecule has 3 aromatic carbocycles. The van der Waals surface area contributed by atoms with Crippen molar-refractivity contribution in [2.45, 2.75) is 45.7 Å². The Balaban J connectivity index is 1.71. The van der Waals surface area contributed by atoms with Crippen molar-refractivity contribution in [1.82, 2.24) is 10.2 Å². The van der Waals surface area contributed by atoms with Crippen molar-refractivity contribution in [1.29, 1.82) is 0 Å². The molecular weight excluding hydrogens is 542 g/mol. The van der Waals surface area contributed by atoms with Crippen LogP contribution in [0.1, 0.15) is 37.8 Å². The molecule has 0 saturated carbocycles. The maximum atomic E-state index is 14.2. The molecule has 0 fully saturated rings. The highest BCUT2D eigenvalue weighted by Gasteiger charge is 2.34. The van der Waals surface area contributed by atoms with Gasteiger partial charge in [-0.25, -0.2) is 8.42 Å². The second-order valence-electron chi connectivity index (χ2n) is 9.80. The second kappa shape index (κ2) is 14.0. The number of sulfonamides is 1. The van der Waals surface area contributed by atoms with E-state index in [-0.39, 0.29) is 37.1 Å². The summed E-state index contributed by atoms with van der Waals surface area (Å²) in [6.45, 7) is 3.76. The van der Waals surface area contributed by atoms with E-state index in [2.05, 4.69) is 5.32 Å². The molecule has 0 unspecified atom stereocenters. The van der Waals surface area contributed by atoms with E-state index in [4.69, 9.17) is 9.47 Å². The summed E-state index contributed by atoms with van der Waals surface area (Å²) in [7, 11) is -3.87. The minimum Gasteiger partial charge on any atom is -0.454 e. The van der Waals surface area contributed by atoms with Gasteiger partial charge >= 0.3 is 0 Å². The molecule has 2 amide bonds. The fourth-order valence-electron chi connectivity index (χ4n) is 4.60.